The summed E-state index contributed by atoms with van der Waals surface area (Å²) in [4.78, 5) is 15.7. The molecule has 24 heavy (non-hydrogen) atoms. The number of rotatable bonds is 7. The van der Waals surface area contributed by atoms with Gasteiger partial charge in [-0.05, 0) is 36.8 Å². The van der Waals surface area contributed by atoms with Gasteiger partial charge < -0.3 is 4.74 Å². The minimum atomic E-state index is -0.260. The fraction of sp³-hybridized carbons (Fsp3) is 0.389. The monoisotopic (exact) mass is 343 g/mol. The van der Waals surface area contributed by atoms with Gasteiger partial charge in [-0.1, -0.05) is 30.7 Å². The quantitative estimate of drug-likeness (QED) is 0.469. The summed E-state index contributed by atoms with van der Waals surface area (Å²) in [5, 5.41) is 6.71. The molecule has 0 saturated heterocycles. The smallest absolute Gasteiger partial charge is 0.311 e. The first-order valence-corrected chi connectivity index (χ1v) is 9.11. The van der Waals surface area contributed by atoms with Crippen LogP contribution in [0, 0.1) is 0 Å². The number of benzene rings is 1. The Hall–Kier alpha value is -2.21. The number of carbonyl (C=O) groups is 1. The van der Waals surface area contributed by atoms with Gasteiger partial charge in [0.2, 0.25) is 5.13 Å². The molecule has 1 aliphatic carbocycles. The Balaban J connectivity index is 1.50. The molecule has 2 aromatic rings. The van der Waals surface area contributed by atoms with Gasteiger partial charge in [-0.3, -0.25) is 10.2 Å². The van der Waals surface area contributed by atoms with E-state index in [2.05, 4.69) is 39.8 Å². The molecule has 0 amide bonds. The second kappa shape index (κ2) is 8.06. The second-order valence-electron chi connectivity index (χ2n) is 5.79. The summed E-state index contributed by atoms with van der Waals surface area (Å²) in [6, 6.07) is 8.55. The van der Waals surface area contributed by atoms with Gasteiger partial charge in [0.25, 0.3) is 0 Å². The predicted molar refractivity (Wildman–Crippen MR) is 96.7 cm³/mol. The number of carbonyl (C=O) groups excluding carboxylic acids is 1. The molecule has 1 aromatic carbocycles. The molecule has 0 aliphatic heterocycles. The third-order valence-corrected chi connectivity index (χ3v) is 4.87. The first kappa shape index (κ1) is 16.6. The van der Waals surface area contributed by atoms with E-state index < -0.39 is 0 Å². The largest absolute Gasteiger partial charge is 0.466 e. The zero-order valence-electron chi connectivity index (χ0n) is 13.7. The Kier molecular flexibility index (Phi) is 5.59. The summed E-state index contributed by atoms with van der Waals surface area (Å²) in [6.07, 6.45) is 5.94. The van der Waals surface area contributed by atoms with E-state index in [9.17, 15) is 4.79 Å². The summed E-state index contributed by atoms with van der Waals surface area (Å²) >= 11 is 1.42. The lowest BCUT2D eigenvalue weighted by molar-refractivity contribution is -0.142. The van der Waals surface area contributed by atoms with E-state index in [0.717, 1.165) is 11.5 Å². The second-order valence-corrected chi connectivity index (χ2v) is 6.65. The van der Waals surface area contributed by atoms with E-state index in [4.69, 9.17) is 4.74 Å². The molecule has 1 heterocycles. The molecule has 1 aromatic heterocycles. The van der Waals surface area contributed by atoms with E-state index in [0.29, 0.717) is 17.4 Å². The van der Waals surface area contributed by atoms with Crippen molar-refractivity contribution in [1.29, 1.82) is 0 Å². The van der Waals surface area contributed by atoms with E-state index in [1.165, 1.54) is 36.2 Å². The minimum Gasteiger partial charge on any atom is -0.466 e. The lowest BCUT2D eigenvalue weighted by atomic mass is 9.80. The van der Waals surface area contributed by atoms with Crippen LogP contribution in [0.5, 0.6) is 0 Å². The highest BCUT2D eigenvalue weighted by Crippen LogP contribution is 2.36. The molecule has 1 fully saturated rings. The molecule has 0 spiro atoms. The van der Waals surface area contributed by atoms with Crippen LogP contribution in [-0.4, -0.2) is 23.8 Å². The van der Waals surface area contributed by atoms with Crippen molar-refractivity contribution in [2.45, 2.75) is 38.5 Å². The van der Waals surface area contributed by atoms with Crippen LogP contribution in [0.25, 0.3) is 0 Å². The van der Waals surface area contributed by atoms with Crippen LogP contribution in [-0.2, 0) is 16.0 Å². The number of nitrogens with zero attached hydrogens (tertiary/aromatic N) is 2. The summed E-state index contributed by atoms with van der Waals surface area (Å²) < 4.78 is 4.91. The van der Waals surface area contributed by atoms with Gasteiger partial charge in [0.15, 0.2) is 0 Å². The van der Waals surface area contributed by atoms with Crippen molar-refractivity contribution in [3.05, 3.63) is 46.5 Å². The maximum Gasteiger partial charge on any atom is 0.311 e. The Bertz CT molecular complexity index is 705. The van der Waals surface area contributed by atoms with Crippen LogP contribution in [0.15, 0.2) is 34.7 Å². The molecule has 6 heteroatoms. The lowest BCUT2D eigenvalue weighted by Crippen LogP contribution is -2.08. The van der Waals surface area contributed by atoms with Crippen molar-refractivity contribution in [1.82, 2.24) is 4.98 Å². The van der Waals surface area contributed by atoms with Gasteiger partial charge in [0, 0.05) is 5.38 Å². The van der Waals surface area contributed by atoms with Crippen molar-refractivity contribution >= 4 is 28.7 Å². The van der Waals surface area contributed by atoms with Gasteiger partial charge in [-0.25, -0.2) is 4.98 Å². The van der Waals surface area contributed by atoms with Crippen molar-refractivity contribution in [3.63, 3.8) is 0 Å². The third-order valence-electron chi connectivity index (χ3n) is 4.07. The van der Waals surface area contributed by atoms with E-state index in [-0.39, 0.29) is 12.4 Å². The third kappa shape index (κ3) is 4.41. The first-order chi connectivity index (χ1) is 11.7. The van der Waals surface area contributed by atoms with Crippen molar-refractivity contribution in [2.24, 2.45) is 5.10 Å². The normalized spacial score (nSPS) is 14.5. The Morgan fingerprint density at radius 3 is 2.88 bits per heavy atom. The summed E-state index contributed by atoms with van der Waals surface area (Å²) in [7, 11) is 0. The van der Waals surface area contributed by atoms with Crippen LogP contribution >= 0.6 is 11.3 Å². The van der Waals surface area contributed by atoms with Crippen LogP contribution in [0.3, 0.4) is 0 Å². The Morgan fingerprint density at radius 1 is 1.42 bits per heavy atom. The first-order valence-electron chi connectivity index (χ1n) is 8.23. The summed E-state index contributed by atoms with van der Waals surface area (Å²) in [5.41, 5.74) is 6.07. The number of anilines is 1. The zero-order valence-corrected chi connectivity index (χ0v) is 14.5. The molecule has 1 saturated carbocycles. The van der Waals surface area contributed by atoms with E-state index in [1.807, 2.05) is 5.38 Å². The van der Waals surface area contributed by atoms with Gasteiger partial charge >= 0.3 is 5.97 Å². The number of aromatic nitrogens is 1. The maximum absolute atomic E-state index is 11.4. The van der Waals surface area contributed by atoms with Crippen molar-refractivity contribution in [3.8, 4) is 0 Å². The molecule has 0 radical (unpaired) electrons. The predicted octanol–water partition coefficient (Wildman–Crippen LogP) is 3.96. The molecule has 0 bridgehead atoms. The molecule has 5 nitrogen and oxygen atoms in total. The summed E-state index contributed by atoms with van der Waals surface area (Å²) in [6.45, 7) is 2.18. The summed E-state index contributed by atoms with van der Waals surface area (Å²) in [5.74, 6) is 0.492. The number of hydrogen-bond donors (Lipinski definition) is 1. The number of thiazole rings is 1. The van der Waals surface area contributed by atoms with Crippen molar-refractivity contribution < 1.29 is 9.53 Å². The Morgan fingerprint density at radius 2 is 2.21 bits per heavy atom. The van der Waals surface area contributed by atoms with Crippen LogP contribution in [0.2, 0.25) is 0 Å². The lowest BCUT2D eigenvalue weighted by Gasteiger charge is -2.25. The molecule has 1 aliphatic rings. The van der Waals surface area contributed by atoms with Gasteiger partial charge in [0.05, 0.1) is 24.9 Å². The van der Waals surface area contributed by atoms with Gasteiger partial charge in [-0.2, -0.15) is 5.10 Å². The molecular formula is C18H21N3O2S. The number of hydrazone groups is 1. The fourth-order valence-corrected chi connectivity index (χ4v) is 3.22. The fourth-order valence-electron chi connectivity index (χ4n) is 2.56. The number of esters is 1. The zero-order chi connectivity index (χ0) is 16.8. The molecule has 126 valence electrons. The van der Waals surface area contributed by atoms with Crippen LogP contribution < -0.4 is 5.43 Å². The molecule has 0 atom stereocenters. The highest BCUT2D eigenvalue weighted by Gasteiger charge is 2.18. The van der Waals surface area contributed by atoms with E-state index in [1.54, 1.807) is 13.1 Å². The number of ether oxygens (including phenoxy) is 1. The minimum absolute atomic E-state index is 0.193. The topological polar surface area (TPSA) is 63.6 Å². The van der Waals surface area contributed by atoms with Gasteiger partial charge in [-0.15, -0.1) is 11.3 Å². The van der Waals surface area contributed by atoms with E-state index >= 15 is 0 Å². The Labute approximate surface area is 145 Å². The number of nitrogens with one attached hydrogen (secondary N) is 1. The maximum atomic E-state index is 11.4. The average molecular weight is 343 g/mol. The SMILES string of the molecule is CCOC(=O)Cc1csc(NN=Cc2ccc(C3CCC3)cc2)n1. The highest BCUT2D eigenvalue weighted by atomic mass is 32.1. The van der Waals surface area contributed by atoms with Crippen LogP contribution in [0.1, 0.15) is 48.9 Å². The van der Waals surface area contributed by atoms with Crippen LogP contribution in [0.4, 0.5) is 5.13 Å². The van der Waals surface area contributed by atoms with Gasteiger partial charge in [0.1, 0.15) is 0 Å². The molecular weight excluding hydrogens is 322 g/mol. The average Bonchev–Trinajstić information content (AvgIpc) is 2.95. The molecule has 0 unspecified atom stereocenters. The number of hydrogen-bond acceptors (Lipinski definition) is 6. The van der Waals surface area contributed by atoms with Crippen molar-refractivity contribution in [2.75, 3.05) is 12.0 Å². The molecule has 3 rings (SSSR count). The highest BCUT2D eigenvalue weighted by molar-refractivity contribution is 7.13. The molecule has 1 N–H and O–H groups in total. The standard InChI is InChI=1S/C18H21N3O2S/c1-2-23-17(22)10-16-12-24-18(20-16)21-19-11-13-6-8-15(9-7-13)14-4-3-5-14/h6-9,11-12,14H,2-5,10H2,1H3,(H,20,21).